The van der Waals surface area contributed by atoms with Gasteiger partial charge in [-0.05, 0) is 56.7 Å². The number of aromatic nitrogens is 1. The van der Waals surface area contributed by atoms with Crippen molar-refractivity contribution in [1.82, 2.24) is 25.4 Å². The molecule has 0 unspecified atom stereocenters. The van der Waals surface area contributed by atoms with Gasteiger partial charge >= 0.3 is 5.97 Å². The van der Waals surface area contributed by atoms with Crippen LogP contribution < -0.4 is 10.6 Å². The summed E-state index contributed by atoms with van der Waals surface area (Å²) < 4.78 is 0. The molecule has 3 amide bonds. The third kappa shape index (κ3) is 11.2. The van der Waals surface area contributed by atoms with Crippen molar-refractivity contribution >= 4 is 40.8 Å². The first-order valence-electron chi connectivity index (χ1n) is 17.2. The number of hydrogen-bond donors (Lipinski definition) is 4. The second-order valence-corrected chi connectivity index (χ2v) is 14.5. The number of piperidine rings is 1. The minimum absolute atomic E-state index is 0.109. The van der Waals surface area contributed by atoms with Crippen molar-refractivity contribution in [1.29, 1.82) is 0 Å². The van der Waals surface area contributed by atoms with Crippen molar-refractivity contribution < 1.29 is 34.2 Å². The zero-order chi connectivity index (χ0) is 36.2. The Morgan fingerprint density at radius 3 is 2.35 bits per heavy atom. The minimum atomic E-state index is -0.993. The molecule has 1 fully saturated rings. The Balaban J connectivity index is 1.74. The van der Waals surface area contributed by atoms with Gasteiger partial charge < -0.3 is 25.7 Å². The number of amides is 3. The van der Waals surface area contributed by atoms with Crippen LogP contribution in [0.2, 0.25) is 0 Å². The molecule has 1 aromatic carbocycles. The second kappa shape index (κ2) is 18.9. The summed E-state index contributed by atoms with van der Waals surface area (Å²) in [5.41, 5.74) is 1.06. The van der Waals surface area contributed by atoms with Gasteiger partial charge in [-0.15, -0.1) is 11.3 Å². The van der Waals surface area contributed by atoms with Crippen molar-refractivity contribution in [2.75, 3.05) is 20.3 Å². The number of hydrogen-bond acceptors (Lipinski definition) is 9. The molecule has 1 aliphatic rings. The van der Waals surface area contributed by atoms with E-state index in [4.69, 9.17) is 0 Å². The van der Waals surface area contributed by atoms with Gasteiger partial charge in [-0.3, -0.25) is 28.9 Å². The monoisotopic (exact) mass is 699 g/mol. The molecular formula is C36H53N5O7S. The fourth-order valence-electron chi connectivity index (χ4n) is 6.35. The fraction of sp³-hybridized carbons (Fsp3) is 0.611. The molecule has 49 heavy (non-hydrogen) atoms. The highest BCUT2D eigenvalue weighted by Crippen LogP contribution is 2.22. The number of benzene rings is 1. The van der Waals surface area contributed by atoms with E-state index in [-0.39, 0.29) is 48.1 Å². The highest BCUT2D eigenvalue weighted by atomic mass is 32.1. The van der Waals surface area contributed by atoms with Crippen LogP contribution in [0, 0.1) is 17.8 Å². The summed E-state index contributed by atoms with van der Waals surface area (Å²) in [5, 5.41) is 27.7. The van der Waals surface area contributed by atoms with Crippen LogP contribution in [0.15, 0.2) is 35.7 Å². The predicted molar refractivity (Wildman–Crippen MR) is 188 cm³/mol. The van der Waals surface area contributed by atoms with Gasteiger partial charge in [-0.25, -0.2) is 4.98 Å². The first-order chi connectivity index (χ1) is 23.3. The van der Waals surface area contributed by atoms with Crippen molar-refractivity contribution in [3.8, 4) is 0 Å². The van der Waals surface area contributed by atoms with Gasteiger partial charge in [0.15, 0.2) is 5.78 Å². The summed E-state index contributed by atoms with van der Waals surface area (Å²) in [6, 6.07) is 6.76. The number of nitrogens with one attached hydrogen (secondary N) is 2. The Morgan fingerprint density at radius 1 is 1.06 bits per heavy atom. The molecule has 0 spiro atoms. The van der Waals surface area contributed by atoms with Crippen molar-refractivity contribution in [3.05, 3.63) is 52.0 Å². The maximum atomic E-state index is 14.0. The summed E-state index contributed by atoms with van der Waals surface area (Å²) in [6.07, 6.45) is 3.73. The number of carbonyl (C=O) groups is 5. The normalized spacial score (nSPS) is 18.2. The van der Waals surface area contributed by atoms with Crippen LogP contribution in [-0.4, -0.2) is 99.0 Å². The van der Waals surface area contributed by atoms with E-state index in [2.05, 4.69) is 15.6 Å². The topological polar surface area (TPSA) is 169 Å². The standard InChI is InChI=1S/C36H53N5O7S/c1-7-23(4)31(39-34(45)28-15-11-12-16-40(28)6)35(46)41(21-42)32(22(2)3)29(43)19-30-38-27(20-49-30)33(44)37-26(17-24(5)36(47)48)18-25-13-9-8-10-14-25/h8-10,13-14,20,22-24,26,28,31-32,42H,7,11-12,15-19,21H2,1-6H3,(H,37,44)(H,39,45)(H,47,48)/t23-,24-,26+,28+,31-,32-/m0/s1. The summed E-state index contributed by atoms with van der Waals surface area (Å²) in [6.45, 7) is 9.05. The quantitative estimate of drug-likeness (QED) is 0.170. The molecule has 2 heterocycles. The number of aliphatic hydroxyl groups is 1. The Morgan fingerprint density at radius 2 is 1.76 bits per heavy atom. The molecule has 1 saturated heterocycles. The van der Waals surface area contributed by atoms with Crippen LogP contribution in [0.25, 0.3) is 0 Å². The molecule has 1 aliphatic heterocycles. The summed E-state index contributed by atoms with van der Waals surface area (Å²) in [5.74, 6) is -3.81. The van der Waals surface area contributed by atoms with Crippen LogP contribution in [0.1, 0.15) is 87.8 Å². The smallest absolute Gasteiger partial charge is 0.306 e. The number of likely N-dealkylation sites (N-methyl/N-ethyl adjacent to an activating group) is 1. The number of Topliss-reactive ketones (excluding diaryl/α,β-unsaturated/α-hetero) is 1. The summed E-state index contributed by atoms with van der Waals surface area (Å²) in [4.78, 5) is 73.5. The van der Waals surface area contributed by atoms with Crippen LogP contribution in [0.5, 0.6) is 0 Å². The Kier molecular flexibility index (Phi) is 15.3. The molecule has 2 aromatic rings. The molecule has 0 radical (unpaired) electrons. The number of aliphatic carboxylic acids is 1. The largest absolute Gasteiger partial charge is 0.481 e. The lowest BCUT2D eigenvalue weighted by Crippen LogP contribution is -2.60. The van der Waals surface area contributed by atoms with E-state index in [0.29, 0.717) is 24.3 Å². The number of aliphatic hydroxyl groups excluding tert-OH is 1. The van der Waals surface area contributed by atoms with Crippen molar-refractivity contribution in [2.24, 2.45) is 17.8 Å². The first-order valence-corrected chi connectivity index (χ1v) is 18.1. The average molecular weight is 700 g/mol. The van der Waals surface area contributed by atoms with Gasteiger partial charge in [-0.2, -0.15) is 0 Å². The summed E-state index contributed by atoms with van der Waals surface area (Å²) in [7, 11) is 1.90. The molecule has 0 aliphatic carbocycles. The van der Waals surface area contributed by atoms with E-state index in [1.807, 2.05) is 56.1 Å². The second-order valence-electron chi connectivity index (χ2n) is 13.6. The molecular weight excluding hydrogens is 646 g/mol. The van der Waals surface area contributed by atoms with Gasteiger partial charge in [0.05, 0.1) is 24.4 Å². The maximum absolute atomic E-state index is 14.0. The van der Waals surface area contributed by atoms with Gasteiger partial charge in [-0.1, -0.05) is 77.8 Å². The Bertz CT molecular complexity index is 1420. The first kappa shape index (κ1) is 39.8. The minimum Gasteiger partial charge on any atom is -0.481 e. The van der Waals surface area contributed by atoms with Gasteiger partial charge in [0.1, 0.15) is 23.5 Å². The number of thiazole rings is 1. The number of carbonyl (C=O) groups excluding carboxylic acids is 4. The predicted octanol–water partition coefficient (Wildman–Crippen LogP) is 3.52. The zero-order valence-corrected chi connectivity index (χ0v) is 30.4. The van der Waals surface area contributed by atoms with Gasteiger partial charge in [0.25, 0.3) is 5.91 Å². The SMILES string of the molecule is CC[C@H](C)[C@H](NC(=O)[C@H]1CCCCN1C)C(=O)N(CO)[C@H](C(=O)Cc1nc(C(=O)N[C@@H](Cc2ccccc2)C[C@H](C)C(=O)O)cs1)C(C)C. The Labute approximate surface area is 293 Å². The maximum Gasteiger partial charge on any atom is 0.306 e. The molecule has 6 atom stereocenters. The number of ketones is 1. The van der Waals surface area contributed by atoms with E-state index in [9.17, 15) is 34.2 Å². The van der Waals surface area contributed by atoms with E-state index in [1.165, 1.54) is 0 Å². The molecule has 12 nitrogen and oxygen atoms in total. The molecule has 13 heteroatoms. The molecule has 3 rings (SSSR count). The number of nitrogens with zero attached hydrogens (tertiary/aromatic N) is 3. The molecule has 270 valence electrons. The van der Waals surface area contributed by atoms with E-state index >= 15 is 0 Å². The van der Waals surface area contributed by atoms with Crippen LogP contribution in [-0.2, 0) is 32.0 Å². The summed E-state index contributed by atoms with van der Waals surface area (Å²) >= 11 is 1.14. The third-order valence-corrected chi connectivity index (χ3v) is 10.3. The lowest BCUT2D eigenvalue weighted by atomic mass is 9.92. The molecule has 0 bridgehead atoms. The fourth-order valence-corrected chi connectivity index (χ4v) is 7.13. The van der Waals surface area contributed by atoms with E-state index < -0.39 is 48.6 Å². The zero-order valence-electron chi connectivity index (χ0n) is 29.6. The Hall–Kier alpha value is -3.68. The number of carboxylic acid groups (broad SMARTS) is 1. The lowest BCUT2D eigenvalue weighted by molar-refractivity contribution is -0.150. The van der Waals surface area contributed by atoms with Crippen LogP contribution in [0.3, 0.4) is 0 Å². The van der Waals surface area contributed by atoms with Gasteiger partial charge in [0.2, 0.25) is 11.8 Å². The molecule has 0 saturated carbocycles. The van der Waals surface area contributed by atoms with Crippen molar-refractivity contribution in [3.63, 3.8) is 0 Å². The molecule has 4 N–H and O–H groups in total. The highest BCUT2D eigenvalue weighted by Gasteiger charge is 2.39. The molecule has 1 aromatic heterocycles. The van der Waals surface area contributed by atoms with E-state index in [1.54, 1.807) is 26.2 Å². The third-order valence-electron chi connectivity index (χ3n) is 9.41. The number of carboxylic acids is 1. The number of likely N-dealkylation sites (tertiary alicyclic amines) is 1. The van der Waals surface area contributed by atoms with Gasteiger partial charge in [0, 0.05) is 11.4 Å². The lowest BCUT2D eigenvalue weighted by Gasteiger charge is -2.37. The van der Waals surface area contributed by atoms with Crippen molar-refractivity contribution in [2.45, 2.75) is 104 Å². The number of rotatable bonds is 18. The highest BCUT2D eigenvalue weighted by molar-refractivity contribution is 7.10. The average Bonchev–Trinajstić information content (AvgIpc) is 3.54. The van der Waals surface area contributed by atoms with Crippen LogP contribution in [0.4, 0.5) is 0 Å². The van der Waals surface area contributed by atoms with E-state index in [0.717, 1.165) is 41.2 Å². The van der Waals surface area contributed by atoms with Crippen LogP contribution >= 0.6 is 11.3 Å².